The third-order valence-electron chi connectivity index (χ3n) is 4.62. The van der Waals surface area contributed by atoms with E-state index in [4.69, 9.17) is 9.47 Å². The Kier molecular flexibility index (Phi) is 8.17. The quantitative estimate of drug-likeness (QED) is 0.529. The zero-order valence-electron chi connectivity index (χ0n) is 15.5. The van der Waals surface area contributed by atoms with E-state index in [1.165, 1.54) is 0 Å². The first-order valence-corrected chi connectivity index (χ1v) is 8.39. The molecule has 2 atom stereocenters. The van der Waals surface area contributed by atoms with Gasteiger partial charge in [0.2, 0.25) is 0 Å². The van der Waals surface area contributed by atoms with Crippen molar-refractivity contribution in [3.8, 4) is 0 Å². The van der Waals surface area contributed by atoms with Crippen molar-refractivity contribution in [3.05, 3.63) is 23.6 Å². The van der Waals surface area contributed by atoms with Gasteiger partial charge in [0.05, 0.1) is 25.0 Å². The summed E-state index contributed by atoms with van der Waals surface area (Å²) in [6.07, 6.45) is 8.91. The Labute approximate surface area is 140 Å². The molecule has 132 valence electrons. The average molecular weight is 324 g/mol. The van der Waals surface area contributed by atoms with Crippen LogP contribution in [0, 0.1) is 0 Å². The van der Waals surface area contributed by atoms with Crippen LogP contribution in [-0.4, -0.2) is 56.3 Å². The Morgan fingerprint density at radius 2 is 1.87 bits per heavy atom. The van der Waals surface area contributed by atoms with Crippen molar-refractivity contribution in [2.75, 3.05) is 28.3 Å². The molecule has 2 amide bonds. The van der Waals surface area contributed by atoms with Crippen LogP contribution in [0.1, 0.15) is 46.0 Å². The van der Waals surface area contributed by atoms with Gasteiger partial charge in [-0.15, -0.1) is 0 Å². The summed E-state index contributed by atoms with van der Waals surface area (Å²) in [5.41, 5.74) is 0.950. The predicted molar refractivity (Wildman–Crippen MR) is 93.1 cm³/mol. The number of amides is 2. The predicted octanol–water partition coefficient (Wildman–Crippen LogP) is 3.77. The number of allylic oxidation sites excluding steroid dienone is 2. The topological polar surface area (TPSA) is 42.0 Å². The van der Waals surface area contributed by atoms with Gasteiger partial charge in [0.15, 0.2) is 0 Å². The van der Waals surface area contributed by atoms with Crippen LogP contribution in [-0.2, 0) is 9.47 Å². The first-order chi connectivity index (χ1) is 11.0. The first kappa shape index (κ1) is 19.6. The van der Waals surface area contributed by atoms with Crippen LogP contribution < -0.4 is 0 Å². The van der Waals surface area contributed by atoms with E-state index in [-0.39, 0.29) is 18.2 Å². The number of likely N-dealkylation sites (N-methyl/N-ethyl adjacent to an activating group) is 1. The molecule has 0 aliphatic heterocycles. The molecule has 1 aliphatic rings. The zero-order valence-corrected chi connectivity index (χ0v) is 15.5. The Balaban J connectivity index is 2.89. The molecule has 0 fully saturated rings. The van der Waals surface area contributed by atoms with Gasteiger partial charge in [0.25, 0.3) is 0 Å². The van der Waals surface area contributed by atoms with Crippen molar-refractivity contribution in [1.82, 2.24) is 9.80 Å². The molecule has 1 aliphatic carbocycles. The van der Waals surface area contributed by atoms with Crippen LogP contribution in [0.4, 0.5) is 4.79 Å². The highest BCUT2D eigenvalue weighted by Gasteiger charge is 2.31. The third kappa shape index (κ3) is 4.99. The standard InChI is InChI=1S/C18H32N2O3/c1-7-8-11-15(14(2)22-5)19(3)18(21)20(4)16-12-9-10-13-17(16)23-6/h9-10,16-17H,7-8,11-13H2,1-6H3/b15-14-. The van der Waals surface area contributed by atoms with Crippen molar-refractivity contribution < 1.29 is 14.3 Å². The fraction of sp³-hybridized carbons (Fsp3) is 0.722. The maximum Gasteiger partial charge on any atom is 0.324 e. The Bertz CT molecular complexity index is 446. The fourth-order valence-electron chi connectivity index (χ4n) is 2.97. The molecule has 0 aromatic rings. The van der Waals surface area contributed by atoms with Crippen LogP contribution >= 0.6 is 0 Å². The van der Waals surface area contributed by atoms with Gasteiger partial charge in [-0.25, -0.2) is 4.79 Å². The number of nitrogens with zero attached hydrogens (tertiary/aromatic N) is 2. The highest BCUT2D eigenvalue weighted by molar-refractivity contribution is 5.76. The van der Waals surface area contributed by atoms with Gasteiger partial charge in [-0.1, -0.05) is 25.5 Å². The molecule has 5 heteroatoms. The van der Waals surface area contributed by atoms with Gasteiger partial charge in [-0.05, 0) is 32.6 Å². The van der Waals surface area contributed by atoms with Crippen molar-refractivity contribution in [3.63, 3.8) is 0 Å². The minimum atomic E-state index is -0.0187. The molecule has 0 bridgehead atoms. The summed E-state index contributed by atoms with van der Waals surface area (Å²) in [6.45, 7) is 4.06. The summed E-state index contributed by atoms with van der Waals surface area (Å²) in [5, 5.41) is 0. The lowest BCUT2D eigenvalue weighted by atomic mass is 9.97. The van der Waals surface area contributed by atoms with Crippen LogP contribution in [0.25, 0.3) is 0 Å². The summed E-state index contributed by atoms with van der Waals surface area (Å²) < 4.78 is 10.9. The van der Waals surface area contributed by atoms with Gasteiger partial charge in [0, 0.05) is 21.2 Å². The Morgan fingerprint density at radius 3 is 2.43 bits per heavy atom. The van der Waals surface area contributed by atoms with Crippen molar-refractivity contribution >= 4 is 6.03 Å². The molecule has 1 rings (SSSR count). The fourth-order valence-corrected chi connectivity index (χ4v) is 2.97. The van der Waals surface area contributed by atoms with E-state index in [0.717, 1.165) is 43.6 Å². The summed E-state index contributed by atoms with van der Waals surface area (Å²) >= 11 is 0. The second-order valence-corrected chi connectivity index (χ2v) is 6.05. The van der Waals surface area contributed by atoms with Crippen molar-refractivity contribution in [2.45, 2.75) is 58.1 Å². The van der Waals surface area contributed by atoms with E-state index in [1.807, 2.05) is 21.0 Å². The molecule has 0 heterocycles. The summed E-state index contributed by atoms with van der Waals surface area (Å²) in [7, 11) is 7.04. The normalized spacial score (nSPS) is 21.7. The molecule has 0 saturated heterocycles. The molecule has 2 unspecified atom stereocenters. The number of methoxy groups -OCH3 is 2. The van der Waals surface area contributed by atoms with E-state index in [2.05, 4.69) is 19.1 Å². The van der Waals surface area contributed by atoms with E-state index in [0.29, 0.717) is 0 Å². The van der Waals surface area contributed by atoms with Crippen LogP contribution in [0.15, 0.2) is 23.6 Å². The maximum atomic E-state index is 12.9. The molecular formula is C18H32N2O3. The average Bonchev–Trinajstić information content (AvgIpc) is 2.59. The van der Waals surface area contributed by atoms with E-state index >= 15 is 0 Å². The van der Waals surface area contributed by atoms with Crippen LogP contribution in [0.3, 0.4) is 0 Å². The lowest BCUT2D eigenvalue weighted by Gasteiger charge is -2.37. The molecule has 5 nitrogen and oxygen atoms in total. The molecule has 0 spiro atoms. The number of carbonyl (C=O) groups excluding carboxylic acids is 1. The molecule has 0 aromatic carbocycles. The summed E-state index contributed by atoms with van der Waals surface area (Å²) in [4.78, 5) is 16.4. The summed E-state index contributed by atoms with van der Waals surface area (Å²) in [5.74, 6) is 0.800. The number of ether oxygens (including phenoxy) is 2. The smallest absolute Gasteiger partial charge is 0.324 e. The monoisotopic (exact) mass is 324 g/mol. The second kappa shape index (κ2) is 9.60. The minimum absolute atomic E-state index is 0.0187. The lowest BCUT2D eigenvalue weighted by Crippen LogP contribution is -2.50. The van der Waals surface area contributed by atoms with E-state index < -0.39 is 0 Å². The number of hydrogen-bond acceptors (Lipinski definition) is 3. The molecule has 0 N–H and O–H groups in total. The van der Waals surface area contributed by atoms with Gasteiger partial charge in [0.1, 0.15) is 5.76 Å². The SMILES string of the molecule is CCCC/C(=C(\C)OC)N(C)C(=O)N(C)C1CC=CCC1OC. The zero-order chi connectivity index (χ0) is 17.4. The van der Waals surface area contributed by atoms with E-state index in [9.17, 15) is 4.79 Å². The molecular weight excluding hydrogens is 292 g/mol. The lowest BCUT2D eigenvalue weighted by molar-refractivity contribution is 0.0305. The van der Waals surface area contributed by atoms with Gasteiger partial charge < -0.3 is 14.4 Å². The second-order valence-electron chi connectivity index (χ2n) is 6.05. The van der Waals surface area contributed by atoms with Crippen LogP contribution in [0.2, 0.25) is 0 Å². The van der Waals surface area contributed by atoms with Gasteiger partial charge in [-0.2, -0.15) is 0 Å². The number of hydrogen-bond donors (Lipinski definition) is 0. The number of unbranched alkanes of at least 4 members (excludes halogenated alkanes) is 1. The molecule has 0 radical (unpaired) electrons. The van der Waals surface area contributed by atoms with Gasteiger partial charge >= 0.3 is 6.03 Å². The number of carbonyl (C=O) groups is 1. The number of rotatable bonds is 7. The highest BCUT2D eigenvalue weighted by atomic mass is 16.5. The van der Waals surface area contributed by atoms with Crippen LogP contribution in [0.5, 0.6) is 0 Å². The Hall–Kier alpha value is -1.49. The largest absolute Gasteiger partial charge is 0.500 e. The van der Waals surface area contributed by atoms with E-state index in [1.54, 1.807) is 24.0 Å². The highest BCUT2D eigenvalue weighted by Crippen LogP contribution is 2.23. The number of urea groups is 1. The Morgan fingerprint density at radius 1 is 1.22 bits per heavy atom. The third-order valence-corrected chi connectivity index (χ3v) is 4.62. The molecule has 0 saturated carbocycles. The van der Waals surface area contributed by atoms with Crippen molar-refractivity contribution in [1.29, 1.82) is 0 Å². The first-order valence-electron chi connectivity index (χ1n) is 8.39. The summed E-state index contributed by atoms with van der Waals surface area (Å²) in [6, 6.07) is 0.0464. The van der Waals surface area contributed by atoms with Gasteiger partial charge in [-0.3, -0.25) is 4.90 Å². The maximum absolute atomic E-state index is 12.9. The van der Waals surface area contributed by atoms with Crippen molar-refractivity contribution in [2.24, 2.45) is 0 Å². The molecule has 0 aromatic heterocycles. The molecule has 23 heavy (non-hydrogen) atoms. The minimum Gasteiger partial charge on any atom is -0.500 e.